The van der Waals surface area contributed by atoms with Crippen LogP contribution >= 0.6 is 0 Å². The smallest absolute Gasteiger partial charge is 0.191 e. The van der Waals surface area contributed by atoms with Crippen molar-refractivity contribution in [2.75, 3.05) is 19.6 Å². The fourth-order valence-corrected chi connectivity index (χ4v) is 2.25. The number of nitrogens with two attached hydrogens (primary N) is 1. The molecule has 1 atom stereocenters. The second kappa shape index (κ2) is 5.94. The lowest BCUT2D eigenvalue weighted by molar-refractivity contribution is 0.131. The van der Waals surface area contributed by atoms with Crippen molar-refractivity contribution in [3.63, 3.8) is 0 Å². The van der Waals surface area contributed by atoms with Crippen LogP contribution in [0.25, 0.3) is 0 Å². The number of likely N-dealkylation sites (tertiary alicyclic amines) is 1. The first-order valence-corrected chi connectivity index (χ1v) is 6.61. The molecule has 0 amide bonds. The van der Waals surface area contributed by atoms with Crippen molar-refractivity contribution >= 4 is 5.96 Å². The summed E-state index contributed by atoms with van der Waals surface area (Å²) in [4.78, 5) is 6.65. The third-order valence-corrected chi connectivity index (χ3v) is 3.59. The van der Waals surface area contributed by atoms with Gasteiger partial charge in [-0.25, -0.2) is 4.99 Å². The summed E-state index contributed by atoms with van der Waals surface area (Å²) in [6, 6.07) is 0. The molecule has 0 saturated carbocycles. The van der Waals surface area contributed by atoms with E-state index >= 15 is 0 Å². The van der Waals surface area contributed by atoms with Gasteiger partial charge < -0.3 is 15.4 Å². The fourth-order valence-electron chi connectivity index (χ4n) is 2.25. The van der Waals surface area contributed by atoms with Crippen molar-refractivity contribution in [2.24, 2.45) is 16.6 Å². The maximum atomic E-state index is 6.01. The minimum absolute atomic E-state index is 0.210. The fraction of sp³-hybridized carbons (Fsp3) is 0.769. The van der Waals surface area contributed by atoms with E-state index in [-0.39, 0.29) is 6.10 Å². The zero-order valence-electron chi connectivity index (χ0n) is 10.6. The van der Waals surface area contributed by atoms with Crippen LogP contribution in [0.1, 0.15) is 32.6 Å². The quantitative estimate of drug-likeness (QED) is 0.588. The molecule has 2 aliphatic heterocycles. The highest BCUT2D eigenvalue weighted by molar-refractivity contribution is 5.78. The lowest BCUT2D eigenvalue weighted by Gasteiger charge is -2.31. The Balaban J connectivity index is 1.78. The maximum absolute atomic E-state index is 6.01. The Bertz CT molecular complexity index is 293. The van der Waals surface area contributed by atoms with E-state index in [1.807, 2.05) is 0 Å². The molecule has 4 nitrogen and oxygen atoms in total. The van der Waals surface area contributed by atoms with Gasteiger partial charge in [-0.15, -0.1) is 0 Å². The summed E-state index contributed by atoms with van der Waals surface area (Å²) in [6.45, 7) is 5.07. The van der Waals surface area contributed by atoms with E-state index in [0.717, 1.165) is 31.8 Å². The normalized spacial score (nSPS) is 27.0. The predicted octanol–water partition coefficient (Wildman–Crippen LogP) is 1.73. The van der Waals surface area contributed by atoms with E-state index in [0.29, 0.717) is 12.5 Å². The first-order chi connectivity index (χ1) is 8.25. The van der Waals surface area contributed by atoms with E-state index in [1.165, 1.54) is 12.8 Å². The van der Waals surface area contributed by atoms with Crippen LogP contribution in [0.2, 0.25) is 0 Å². The summed E-state index contributed by atoms with van der Waals surface area (Å²) in [6.07, 6.45) is 8.61. The molecule has 0 aliphatic carbocycles. The van der Waals surface area contributed by atoms with E-state index in [1.54, 1.807) is 6.26 Å². The molecule has 0 aromatic carbocycles. The van der Waals surface area contributed by atoms with Gasteiger partial charge in [0.1, 0.15) is 6.10 Å². The third kappa shape index (κ3) is 3.65. The Hall–Kier alpha value is -1.19. The van der Waals surface area contributed by atoms with Crippen molar-refractivity contribution in [1.29, 1.82) is 0 Å². The van der Waals surface area contributed by atoms with Gasteiger partial charge in [-0.2, -0.15) is 0 Å². The van der Waals surface area contributed by atoms with E-state index in [9.17, 15) is 0 Å². The molecule has 4 heteroatoms. The monoisotopic (exact) mass is 237 g/mol. The number of piperidine rings is 1. The minimum Gasteiger partial charge on any atom is -0.496 e. The molecule has 1 saturated heterocycles. The summed E-state index contributed by atoms with van der Waals surface area (Å²) < 4.78 is 5.47. The highest BCUT2D eigenvalue weighted by atomic mass is 16.5. The van der Waals surface area contributed by atoms with E-state index in [4.69, 9.17) is 10.5 Å². The van der Waals surface area contributed by atoms with Crippen molar-refractivity contribution in [1.82, 2.24) is 4.90 Å². The van der Waals surface area contributed by atoms with Gasteiger partial charge in [0.25, 0.3) is 0 Å². The van der Waals surface area contributed by atoms with Crippen LogP contribution in [-0.4, -0.2) is 36.6 Å². The van der Waals surface area contributed by atoms with Gasteiger partial charge in [-0.3, -0.25) is 0 Å². The molecule has 0 unspecified atom stereocenters. The largest absolute Gasteiger partial charge is 0.496 e. The molecule has 0 spiro atoms. The topological polar surface area (TPSA) is 50.8 Å². The van der Waals surface area contributed by atoms with Crippen LogP contribution in [0.3, 0.4) is 0 Å². The summed E-state index contributed by atoms with van der Waals surface area (Å²) >= 11 is 0. The standard InChI is InChI=1S/C13H23N3O/c1-11-5-7-16(8-6-11)13(14)15-10-12-4-2-3-9-17-12/h3,9,11-12H,2,4-8,10H2,1H3,(H2,14,15)/t12-/m1/s1. The number of allylic oxidation sites excluding steroid dienone is 1. The van der Waals surface area contributed by atoms with Crippen LogP contribution in [0.5, 0.6) is 0 Å². The van der Waals surface area contributed by atoms with Crippen molar-refractivity contribution in [3.8, 4) is 0 Å². The molecular weight excluding hydrogens is 214 g/mol. The molecule has 2 heterocycles. The van der Waals surface area contributed by atoms with Gasteiger partial charge in [0, 0.05) is 13.1 Å². The van der Waals surface area contributed by atoms with Crippen LogP contribution in [0, 0.1) is 5.92 Å². The van der Waals surface area contributed by atoms with Crippen molar-refractivity contribution < 1.29 is 4.74 Å². The first-order valence-electron chi connectivity index (χ1n) is 6.61. The summed E-state index contributed by atoms with van der Waals surface area (Å²) in [5, 5.41) is 0. The summed E-state index contributed by atoms with van der Waals surface area (Å²) in [7, 11) is 0. The predicted molar refractivity (Wildman–Crippen MR) is 69.7 cm³/mol. The Morgan fingerprint density at radius 3 is 2.82 bits per heavy atom. The molecule has 0 radical (unpaired) electrons. The lowest BCUT2D eigenvalue weighted by atomic mass is 10.00. The molecular formula is C13H23N3O. The summed E-state index contributed by atoms with van der Waals surface area (Å²) in [5.74, 6) is 1.51. The molecule has 2 rings (SSSR count). The third-order valence-electron chi connectivity index (χ3n) is 3.59. The van der Waals surface area contributed by atoms with Gasteiger partial charge >= 0.3 is 0 Å². The molecule has 96 valence electrons. The summed E-state index contributed by atoms with van der Waals surface area (Å²) in [5.41, 5.74) is 6.01. The first kappa shape index (κ1) is 12.3. The number of guanidine groups is 1. The number of rotatable bonds is 2. The Labute approximate surface area is 104 Å². The Kier molecular flexibility index (Phi) is 4.29. The molecule has 0 bridgehead atoms. The molecule has 0 aromatic heterocycles. The highest BCUT2D eigenvalue weighted by Gasteiger charge is 2.17. The SMILES string of the molecule is CC1CCN(C(N)=NC[C@H]2CCC=CO2)CC1. The number of ether oxygens (including phenoxy) is 1. The van der Waals surface area contributed by atoms with E-state index < -0.39 is 0 Å². The minimum atomic E-state index is 0.210. The Morgan fingerprint density at radius 2 is 2.18 bits per heavy atom. The van der Waals surface area contributed by atoms with Gasteiger partial charge in [0.2, 0.25) is 0 Å². The number of hydrogen-bond acceptors (Lipinski definition) is 2. The lowest BCUT2D eigenvalue weighted by Crippen LogP contribution is -2.43. The second-order valence-electron chi connectivity index (χ2n) is 5.08. The molecule has 1 fully saturated rings. The van der Waals surface area contributed by atoms with Gasteiger partial charge in [-0.1, -0.05) is 6.92 Å². The van der Waals surface area contributed by atoms with Crippen molar-refractivity contribution in [3.05, 3.63) is 12.3 Å². The number of nitrogens with zero attached hydrogens (tertiary/aromatic N) is 2. The molecule has 2 N–H and O–H groups in total. The van der Waals surface area contributed by atoms with E-state index in [2.05, 4.69) is 22.9 Å². The van der Waals surface area contributed by atoms with Gasteiger partial charge in [0.05, 0.1) is 12.8 Å². The maximum Gasteiger partial charge on any atom is 0.191 e. The molecule has 0 aromatic rings. The van der Waals surface area contributed by atoms with Gasteiger partial charge in [0.15, 0.2) is 5.96 Å². The van der Waals surface area contributed by atoms with Crippen LogP contribution in [-0.2, 0) is 4.74 Å². The second-order valence-corrected chi connectivity index (χ2v) is 5.08. The molecule has 17 heavy (non-hydrogen) atoms. The average Bonchev–Trinajstić information content (AvgIpc) is 2.38. The zero-order chi connectivity index (χ0) is 12.1. The number of hydrogen-bond donors (Lipinski definition) is 1. The zero-order valence-corrected chi connectivity index (χ0v) is 10.6. The average molecular weight is 237 g/mol. The van der Waals surface area contributed by atoms with Crippen LogP contribution in [0.15, 0.2) is 17.3 Å². The van der Waals surface area contributed by atoms with Crippen LogP contribution in [0.4, 0.5) is 0 Å². The highest BCUT2D eigenvalue weighted by Crippen LogP contribution is 2.16. The molecule has 2 aliphatic rings. The Morgan fingerprint density at radius 1 is 1.41 bits per heavy atom. The van der Waals surface area contributed by atoms with Crippen molar-refractivity contribution in [2.45, 2.75) is 38.7 Å². The number of aliphatic imine (C=N–C) groups is 1. The van der Waals surface area contributed by atoms with Crippen LogP contribution < -0.4 is 5.73 Å². The van der Waals surface area contributed by atoms with Gasteiger partial charge in [-0.05, 0) is 37.7 Å².